The first-order valence-electron chi connectivity index (χ1n) is 6.84. The second kappa shape index (κ2) is 4.34. The highest BCUT2D eigenvalue weighted by atomic mass is 15.1. The minimum atomic E-state index is -0.102. The molecule has 0 aliphatic heterocycles. The van der Waals surface area contributed by atoms with Gasteiger partial charge in [0.05, 0.1) is 11.0 Å². The van der Waals surface area contributed by atoms with Crippen LogP contribution in [0.2, 0.25) is 0 Å². The van der Waals surface area contributed by atoms with E-state index in [9.17, 15) is 0 Å². The molecule has 0 fully saturated rings. The highest BCUT2D eigenvalue weighted by molar-refractivity contribution is 5.77. The summed E-state index contributed by atoms with van der Waals surface area (Å²) in [4.78, 5) is 4.81. The Hall–Kier alpha value is -1.35. The molecule has 0 amide bonds. The molecule has 19 heavy (non-hydrogen) atoms. The third-order valence-corrected chi connectivity index (χ3v) is 3.86. The van der Waals surface area contributed by atoms with Gasteiger partial charge in [-0.05, 0) is 23.1 Å². The topological polar surface area (TPSA) is 43.8 Å². The number of rotatable bonds is 2. The Morgan fingerprint density at radius 3 is 2.32 bits per heavy atom. The molecule has 0 spiro atoms. The van der Waals surface area contributed by atoms with Crippen molar-refractivity contribution < 1.29 is 0 Å². The van der Waals surface area contributed by atoms with Gasteiger partial charge in [-0.1, -0.05) is 40.7 Å². The lowest BCUT2D eigenvalue weighted by atomic mass is 9.87. The average Bonchev–Trinajstić information content (AvgIpc) is 2.66. The Morgan fingerprint density at radius 1 is 1.16 bits per heavy atom. The fraction of sp³-hybridized carbons (Fsp3) is 0.562. The lowest BCUT2D eigenvalue weighted by Gasteiger charge is -2.21. The summed E-state index contributed by atoms with van der Waals surface area (Å²) in [6.07, 6.45) is 0. The van der Waals surface area contributed by atoms with Gasteiger partial charge in [0.25, 0.3) is 0 Å². The van der Waals surface area contributed by atoms with Gasteiger partial charge >= 0.3 is 0 Å². The summed E-state index contributed by atoms with van der Waals surface area (Å²) in [5.41, 5.74) is 9.47. The first kappa shape index (κ1) is 14.1. The molecular weight excluding hydrogens is 234 g/mol. The summed E-state index contributed by atoms with van der Waals surface area (Å²) >= 11 is 0. The number of aryl methyl sites for hydroxylation is 1. The van der Waals surface area contributed by atoms with Crippen LogP contribution in [0.4, 0.5) is 0 Å². The summed E-state index contributed by atoms with van der Waals surface area (Å²) in [7, 11) is 2.07. The lowest BCUT2D eigenvalue weighted by Crippen LogP contribution is -2.31. The molecule has 0 unspecified atom stereocenters. The summed E-state index contributed by atoms with van der Waals surface area (Å²) in [6, 6.07) is 6.56. The molecule has 2 rings (SSSR count). The van der Waals surface area contributed by atoms with Crippen LogP contribution >= 0.6 is 0 Å². The van der Waals surface area contributed by atoms with Crippen molar-refractivity contribution in [2.24, 2.45) is 12.8 Å². The van der Waals surface area contributed by atoms with Crippen LogP contribution in [0.1, 0.15) is 46.0 Å². The SMILES string of the molecule is Cn1c(C(C)(C)CN)nc2cc(C(C)(C)C)ccc21. The minimum Gasteiger partial charge on any atom is -0.331 e. The Balaban J connectivity index is 2.64. The maximum atomic E-state index is 5.87. The van der Waals surface area contributed by atoms with Crippen LogP contribution in [-0.4, -0.2) is 16.1 Å². The maximum Gasteiger partial charge on any atom is 0.116 e. The van der Waals surface area contributed by atoms with Crippen LogP contribution < -0.4 is 5.73 Å². The van der Waals surface area contributed by atoms with Crippen molar-refractivity contribution >= 4 is 11.0 Å². The van der Waals surface area contributed by atoms with Gasteiger partial charge in [-0.15, -0.1) is 0 Å². The molecule has 1 aromatic carbocycles. The van der Waals surface area contributed by atoms with Crippen molar-refractivity contribution in [1.29, 1.82) is 0 Å². The largest absolute Gasteiger partial charge is 0.331 e. The van der Waals surface area contributed by atoms with Crippen molar-refractivity contribution in [3.05, 3.63) is 29.6 Å². The molecule has 0 radical (unpaired) electrons. The van der Waals surface area contributed by atoms with E-state index in [1.807, 2.05) is 0 Å². The van der Waals surface area contributed by atoms with E-state index in [2.05, 4.69) is 64.4 Å². The predicted octanol–water partition coefficient (Wildman–Crippen LogP) is 3.11. The van der Waals surface area contributed by atoms with Gasteiger partial charge in [0.1, 0.15) is 5.82 Å². The van der Waals surface area contributed by atoms with Crippen LogP contribution in [0.15, 0.2) is 18.2 Å². The molecule has 0 atom stereocenters. The Bertz CT molecular complexity index is 600. The molecule has 2 N–H and O–H groups in total. The van der Waals surface area contributed by atoms with Crippen molar-refractivity contribution in [1.82, 2.24) is 9.55 Å². The number of hydrogen-bond acceptors (Lipinski definition) is 2. The molecule has 104 valence electrons. The molecule has 0 bridgehead atoms. The summed E-state index contributed by atoms with van der Waals surface area (Å²) in [5.74, 6) is 1.05. The predicted molar refractivity (Wildman–Crippen MR) is 81.5 cm³/mol. The highest BCUT2D eigenvalue weighted by Gasteiger charge is 2.25. The van der Waals surface area contributed by atoms with Crippen LogP contribution in [0.25, 0.3) is 11.0 Å². The third-order valence-electron chi connectivity index (χ3n) is 3.86. The van der Waals surface area contributed by atoms with Gasteiger partial charge in [0, 0.05) is 19.0 Å². The fourth-order valence-electron chi connectivity index (χ4n) is 2.36. The highest BCUT2D eigenvalue weighted by Crippen LogP contribution is 2.29. The Kier molecular flexibility index (Phi) is 3.21. The lowest BCUT2D eigenvalue weighted by molar-refractivity contribution is 0.487. The number of hydrogen-bond donors (Lipinski definition) is 1. The number of aromatic nitrogens is 2. The normalized spacial score (nSPS) is 13.2. The zero-order valence-electron chi connectivity index (χ0n) is 12.9. The van der Waals surface area contributed by atoms with Crippen molar-refractivity contribution in [2.45, 2.75) is 45.4 Å². The number of fused-ring (bicyclic) bond motifs is 1. The Morgan fingerprint density at radius 2 is 1.79 bits per heavy atom. The molecule has 0 saturated heterocycles. The number of nitrogens with zero attached hydrogens (tertiary/aromatic N) is 2. The standard InChI is InChI=1S/C16H25N3/c1-15(2,3)11-7-8-13-12(9-11)18-14(19(13)6)16(4,5)10-17/h7-9H,10,17H2,1-6H3. The van der Waals surface area contributed by atoms with Crippen molar-refractivity contribution in [2.75, 3.05) is 6.54 Å². The molecule has 0 aliphatic carbocycles. The summed E-state index contributed by atoms with van der Waals surface area (Å²) in [6.45, 7) is 11.5. The molecule has 0 aliphatic rings. The molecule has 3 nitrogen and oxygen atoms in total. The van der Waals surface area contributed by atoms with Gasteiger partial charge in [0.15, 0.2) is 0 Å². The van der Waals surface area contributed by atoms with Gasteiger partial charge in [0.2, 0.25) is 0 Å². The molecule has 0 saturated carbocycles. The number of benzene rings is 1. The van der Waals surface area contributed by atoms with E-state index in [0.29, 0.717) is 6.54 Å². The van der Waals surface area contributed by atoms with E-state index >= 15 is 0 Å². The van der Waals surface area contributed by atoms with E-state index in [0.717, 1.165) is 11.3 Å². The zero-order valence-corrected chi connectivity index (χ0v) is 12.9. The van der Waals surface area contributed by atoms with E-state index in [1.165, 1.54) is 11.1 Å². The maximum absolute atomic E-state index is 5.87. The zero-order chi connectivity index (χ0) is 14.4. The van der Waals surface area contributed by atoms with E-state index < -0.39 is 0 Å². The van der Waals surface area contributed by atoms with Crippen LogP contribution in [-0.2, 0) is 17.9 Å². The quantitative estimate of drug-likeness (QED) is 0.900. The molecule has 1 heterocycles. The fourth-order valence-corrected chi connectivity index (χ4v) is 2.36. The van der Waals surface area contributed by atoms with Crippen molar-refractivity contribution in [3.63, 3.8) is 0 Å². The third kappa shape index (κ3) is 2.39. The van der Waals surface area contributed by atoms with Crippen LogP contribution in [0.3, 0.4) is 0 Å². The smallest absolute Gasteiger partial charge is 0.116 e. The second-order valence-electron chi connectivity index (χ2n) is 7.04. The van der Waals surface area contributed by atoms with E-state index in [1.54, 1.807) is 0 Å². The molecular formula is C16H25N3. The first-order valence-corrected chi connectivity index (χ1v) is 6.84. The average molecular weight is 259 g/mol. The molecule has 2 aromatic rings. The van der Waals surface area contributed by atoms with Gasteiger partial charge in [-0.25, -0.2) is 4.98 Å². The number of nitrogens with two attached hydrogens (primary N) is 1. The molecule has 3 heteroatoms. The second-order valence-corrected chi connectivity index (χ2v) is 7.04. The monoisotopic (exact) mass is 259 g/mol. The first-order chi connectivity index (χ1) is 8.66. The van der Waals surface area contributed by atoms with Crippen LogP contribution in [0.5, 0.6) is 0 Å². The van der Waals surface area contributed by atoms with E-state index in [-0.39, 0.29) is 10.8 Å². The van der Waals surface area contributed by atoms with Crippen molar-refractivity contribution in [3.8, 4) is 0 Å². The molecule has 1 aromatic heterocycles. The summed E-state index contributed by atoms with van der Waals surface area (Å²) < 4.78 is 2.16. The van der Waals surface area contributed by atoms with Gasteiger partial charge in [-0.3, -0.25) is 0 Å². The van der Waals surface area contributed by atoms with Crippen LogP contribution in [0, 0.1) is 0 Å². The van der Waals surface area contributed by atoms with E-state index in [4.69, 9.17) is 10.7 Å². The minimum absolute atomic E-state index is 0.102. The Labute approximate surface area is 115 Å². The number of imidazole rings is 1. The summed E-state index contributed by atoms with van der Waals surface area (Å²) in [5, 5.41) is 0. The van der Waals surface area contributed by atoms with Gasteiger partial charge < -0.3 is 10.3 Å². The van der Waals surface area contributed by atoms with Gasteiger partial charge in [-0.2, -0.15) is 0 Å².